The molecule has 0 atom stereocenters. The van der Waals surface area contributed by atoms with E-state index in [0.29, 0.717) is 6.61 Å². The van der Waals surface area contributed by atoms with E-state index < -0.39 is 0 Å². The van der Waals surface area contributed by atoms with Gasteiger partial charge in [0.05, 0.1) is 18.0 Å². The third kappa shape index (κ3) is 3.21. The number of pyridine rings is 3. The van der Waals surface area contributed by atoms with Crippen molar-refractivity contribution < 1.29 is 9.53 Å². The molecular weight excluding hydrogens is 338 g/mol. The molecule has 0 saturated heterocycles. The Morgan fingerprint density at radius 2 is 1.59 bits per heavy atom. The topological polar surface area (TPSA) is 65.0 Å². The van der Waals surface area contributed by atoms with Gasteiger partial charge >= 0.3 is 5.97 Å². The summed E-state index contributed by atoms with van der Waals surface area (Å²) in [5, 5.41) is 0. The van der Waals surface area contributed by atoms with Crippen LogP contribution in [0.4, 0.5) is 0 Å². The molecule has 0 N–H and O–H groups in total. The second-order valence-corrected chi connectivity index (χ2v) is 6.86. The monoisotopic (exact) mass is 359 g/mol. The van der Waals surface area contributed by atoms with Crippen molar-refractivity contribution in [3.8, 4) is 11.4 Å². The number of esters is 1. The van der Waals surface area contributed by atoms with E-state index in [2.05, 4.69) is 39.2 Å². The number of hydrogen-bond donors (Lipinski definition) is 0. The average molecular weight is 359 g/mol. The number of nitrogens with zero attached hydrogens (tertiary/aromatic N) is 3. The highest BCUT2D eigenvalue weighted by molar-refractivity contribution is 5.75. The van der Waals surface area contributed by atoms with Crippen LogP contribution in [0.5, 0.6) is 0 Å². The summed E-state index contributed by atoms with van der Waals surface area (Å²) in [6.45, 7) is 1.86. The van der Waals surface area contributed by atoms with Gasteiger partial charge in [-0.1, -0.05) is 12.1 Å². The summed E-state index contributed by atoms with van der Waals surface area (Å²) in [6.07, 6.45) is 9.73. The summed E-state index contributed by atoms with van der Waals surface area (Å²) in [5.74, 6) is -0.242. The zero-order chi connectivity index (χ0) is 18.7. The Morgan fingerprint density at radius 1 is 0.963 bits per heavy atom. The number of carbonyl (C=O) groups is 1. The van der Waals surface area contributed by atoms with E-state index in [4.69, 9.17) is 4.74 Å². The Hall–Kier alpha value is -3.08. The SMILES string of the molecule is CC(=O)OCCCC1(Cc2ccncc2)c2cccnc2-c2ncccc21. The fourth-order valence-electron chi connectivity index (χ4n) is 4.09. The van der Waals surface area contributed by atoms with E-state index in [1.165, 1.54) is 23.6 Å². The van der Waals surface area contributed by atoms with Crippen molar-refractivity contribution in [2.75, 3.05) is 6.61 Å². The van der Waals surface area contributed by atoms with Crippen LogP contribution in [0.25, 0.3) is 11.4 Å². The molecule has 0 bridgehead atoms. The second-order valence-electron chi connectivity index (χ2n) is 6.86. The lowest BCUT2D eigenvalue weighted by Gasteiger charge is -2.32. The molecule has 0 aliphatic heterocycles. The van der Waals surface area contributed by atoms with Crippen LogP contribution in [-0.4, -0.2) is 27.5 Å². The second kappa shape index (κ2) is 7.27. The number of fused-ring (bicyclic) bond motifs is 3. The minimum atomic E-state index is -0.242. The summed E-state index contributed by atoms with van der Waals surface area (Å²) < 4.78 is 5.19. The zero-order valence-electron chi connectivity index (χ0n) is 15.3. The quantitative estimate of drug-likeness (QED) is 0.496. The van der Waals surface area contributed by atoms with Crippen molar-refractivity contribution in [1.82, 2.24) is 15.0 Å². The van der Waals surface area contributed by atoms with E-state index in [-0.39, 0.29) is 11.4 Å². The van der Waals surface area contributed by atoms with E-state index in [1.54, 1.807) is 0 Å². The van der Waals surface area contributed by atoms with Crippen LogP contribution in [0, 0.1) is 0 Å². The molecule has 0 saturated carbocycles. The van der Waals surface area contributed by atoms with Crippen molar-refractivity contribution in [3.63, 3.8) is 0 Å². The van der Waals surface area contributed by atoms with Gasteiger partial charge in [-0.2, -0.15) is 0 Å². The Kier molecular flexibility index (Phi) is 4.67. The molecular formula is C22H21N3O2. The number of carbonyl (C=O) groups excluding carboxylic acids is 1. The van der Waals surface area contributed by atoms with E-state index >= 15 is 0 Å². The van der Waals surface area contributed by atoms with Gasteiger partial charge in [0.15, 0.2) is 0 Å². The number of hydrogen-bond acceptors (Lipinski definition) is 5. The highest BCUT2D eigenvalue weighted by Gasteiger charge is 2.44. The zero-order valence-corrected chi connectivity index (χ0v) is 15.3. The molecule has 0 amide bonds. The van der Waals surface area contributed by atoms with Gasteiger partial charge in [-0.3, -0.25) is 19.7 Å². The number of ether oxygens (including phenoxy) is 1. The molecule has 5 heteroatoms. The predicted octanol–water partition coefficient (Wildman–Crippen LogP) is 3.72. The summed E-state index contributed by atoms with van der Waals surface area (Å²) in [5.41, 5.74) is 5.26. The molecule has 0 fully saturated rings. The first-order valence-electron chi connectivity index (χ1n) is 9.14. The highest BCUT2D eigenvalue weighted by Crippen LogP contribution is 2.51. The molecule has 0 radical (unpaired) electrons. The molecule has 0 unspecified atom stereocenters. The summed E-state index contributed by atoms with van der Waals surface area (Å²) in [4.78, 5) is 24.6. The fraction of sp³-hybridized carbons (Fsp3) is 0.273. The van der Waals surface area contributed by atoms with Gasteiger partial charge in [-0.25, -0.2) is 0 Å². The van der Waals surface area contributed by atoms with Gasteiger partial charge in [-0.15, -0.1) is 0 Å². The highest BCUT2D eigenvalue weighted by atomic mass is 16.5. The Balaban J connectivity index is 1.78. The first kappa shape index (κ1) is 17.3. The number of aromatic nitrogens is 3. The van der Waals surface area contributed by atoms with Crippen LogP contribution in [0.2, 0.25) is 0 Å². The fourth-order valence-corrected chi connectivity index (χ4v) is 4.09. The summed E-state index contributed by atoms with van der Waals surface area (Å²) in [7, 11) is 0. The van der Waals surface area contributed by atoms with Crippen molar-refractivity contribution >= 4 is 5.97 Å². The lowest BCUT2D eigenvalue weighted by molar-refractivity contribution is -0.141. The first-order valence-corrected chi connectivity index (χ1v) is 9.14. The smallest absolute Gasteiger partial charge is 0.302 e. The molecule has 136 valence electrons. The predicted molar refractivity (Wildman–Crippen MR) is 102 cm³/mol. The van der Waals surface area contributed by atoms with Crippen LogP contribution in [-0.2, 0) is 21.4 Å². The average Bonchev–Trinajstić information content (AvgIpc) is 2.97. The van der Waals surface area contributed by atoms with Crippen LogP contribution in [0.3, 0.4) is 0 Å². The Morgan fingerprint density at radius 3 is 2.19 bits per heavy atom. The summed E-state index contributed by atoms with van der Waals surface area (Å²) >= 11 is 0. The lowest BCUT2D eigenvalue weighted by atomic mass is 9.71. The van der Waals surface area contributed by atoms with E-state index in [9.17, 15) is 4.79 Å². The van der Waals surface area contributed by atoms with Gasteiger partial charge < -0.3 is 4.74 Å². The third-order valence-corrected chi connectivity index (χ3v) is 5.18. The van der Waals surface area contributed by atoms with Gasteiger partial charge in [0.1, 0.15) is 0 Å². The van der Waals surface area contributed by atoms with Gasteiger partial charge in [0.25, 0.3) is 0 Å². The van der Waals surface area contributed by atoms with Crippen LogP contribution >= 0.6 is 0 Å². The van der Waals surface area contributed by atoms with Gasteiger partial charge in [0.2, 0.25) is 0 Å². The minimum Gasteiger partial charge on any atom is -0.466 e. The molecule has 0 aromatic carbocycles. The van der Waals surface area contributed by atoms with Crippen LogP contribution < -0.4 is 0 Å². The van der Waals surface area contributed by atoms with Crippen LogP contribution in [0.15, 0.2) is 61.2 Å². The molecule has 5 nitrogen and oxygen atoms in total. The molecule has 27 heavy (non-hydrogen) atoms. The maximum absolute atomic E-state index is 11.2. The molecule has 3 aromatic rings. The lowest BCUT2D eigenvalue weighted by Crippen LogP contribution is -2.29. The van der Waals surface area contributed by atoms with E-state index in [0.717, 1.165) is 30.7 Å². The molecule has 1 aliphatic rings. The van der Waals surface area contributed by atoms with Gasteiger partial charge in [-0.05, 0) is 60.2 Å². The van der Waals surface area contributed by atoms with E-state index in [1.807, 2.05) is 36.9 Å². The molecule has 0 spiro atoms. The van der Waals surface area contributed by atoms with Crippen molar-refractivity contribution in [2.45, 2.75) is 31.6 Å². The maximum atomic E-state index is 11.2. The van der Waals surface area contributed by atoms with Gasteiger partial charge in [0, 0.05) is 37.1 Å². The molecule has 4 rings (SSSR count). The maximum Gasteiger partial charge on any atom is 0.302 e. The minimum absolute atomic E-state index is 0.241. The van der Waals surface area contributed by atoms with Crippen molar-refractivity contribution in [1.29, 1.82) is 0 Å². The normalized spacial score (nSPS) is 13.7. The van der Waals surface area contributed by atoms with Crippen LogP contribution in [0.1, 0.15) is 36.5 Å². The largest absolute Gasteiger partial charge is 0.466 e. The molecule has 3 heterocycles. The number of rotatable bonds is 6. The van der Waals surface area contributed by atoms with Crippen molar-refractivity contribution in [2.24, 2.45) is 0 Å². The first-order chi connectivity index (χ1) is 13.2. The summed E-state index contributed by atoms with van der Waals surface area (Å²) in [6, 6.07) is 12.4. The third-order valence-electron chi connectivity index (χ3n) is 5.18. The Bertz CT molecular complexity index is 911. The van der Waals surface area contributed by atoms with Crippen molar-refractivity contribution in [3.05, 3.63) is 77.9 Å². The standard InChI is InChI=1S/C22H21N3O2/c1-16(26)27-14-4-9-22(15-17-7-12-23-13-8-17)18-5-2-10-24-20(18)21-19(22)6-3-11-25-21/h2-3,5-8,10-13H,4,9,14-15H2,1H3. The molecule has 3 aromatic heterocycles. The molecule has 1 aliphatic carbocycles. The Labute approximate surface area is 158 Å².